The Morgan fingerprint density at radius 1 is 1.17 bits per heavy atom. The third kappa shape index (κ3) is 0.903. The number of nitriles is 1. The maximum absolute atomic E-state index is 8.72. The van der Waals surface area contributed by atoms with Crippen LogP contribution in [0.3, 0.4) is 0 Å². The maximum Gasteiger partial charge on any atom is 0.101 e. The highest BCUT2D eigenvalue weighted by Gasteiger charge is 1.98. The van der Waals surface area contributed by atoms with Crippen molar-refractivity contribution in [3.05, 3.63) is 36.4 Å². The van der Waals surface area contributed by atoms with Gasteiger partial charge in [-0.05, 0) is 6.07 Å². The quantitative estimate of drug-likeness (QED) is 0.579. The molecular formula is C9H5N3. The van der Waals surface area contributed by atoms with Gasteiger partial charge in [0.25, 0.3) is 0 Å². The van der Waals surface area contributed by atoms with Crippen LogP contribution in [0.5, 0.6) is 0 Å². The molecule has 0 unspecified atom stereocenters. The van der Waals surface area contributed by atoms with Crippen LogP contribution in [0.25, 0.3) is 10.8 Å². The Hall–Kier alpha value is -1.95. The van der Waals surface area contributed by atoms with Gasteiger partial charge in [-0.1, -0.05) is 0 Å². The van der Waals surface area contributed by atoms with Crippen LogP contribution >= 0.6 is 0 Å². The van der Waals surface area contributed by atoms with Crippen LogP contribution in [0.15, 0.2) is 30.9 Å². The Kier molecular flexibility index (Phi) is 1.45. The molecule has 0 fully saturated rings. The second kappa shape index (κ2) is 2.59. The Morgan fingerprint density at radius 3 is 2.92 bits per heavy atom. The van der Waals surface area contributed by atoms with E-state index in [2.05, 4.69) is 16.0 Å². The number of hydrogen-bond acceptors (Lipinski definition) is 3. The zero-order valence-electron chi connectivity index (χ0n) is 6.23. The topological polar surface area (TPSA) is 49.6 Å². The lowest BCUT2D eigenvalue weighted by molar-refractivity contribution is 1.30. The first-order valence-corrected chi connectivity index (χ1v) is 3.49. The molecule has 0 atom stereocenters. The van der Waals surface area contributed by atoms with Gasteiger partial charge in [-0.25, -0.2) is 0 Å². The summed E-state index contributed by atoms with van der Waals surface area (Å²) in [7, 11) is 0. The summed E-state index contributed by atoms with van der Waals surface area (Å²) in [6.45, 7) is 0. The summed E-state index contributed by atoms with van der Waals surface area (Å²) in [5.41, 5.74) is 0.570. The molecule has 2 heterocycles. The summed E-state index contributed by atoms with van der Waals surface area (Å²) in [6.07, 6.45) is 6.63. The predicted octanol–water partition coefficient (Wildman–Crippen LogP) is 1.50. The number of fused-ring (bicyclic) bond motifs is 1. The SMILES string of the molecule is N#Cc1cncc2ccncc12. The van der Waals surface area contributed by atoms with Gasteiger partial charge < -0.3 is 0 Å². The molecule has 0 aliphatic rings. The summed E-state index contributed by atoms with van der Waals surface area (Å²) in [5.74, 6) is 0. The number of aromatic nitrogens is 2. The smallest absolute Gasteiger partial charge is 0.101 e. The van der Waals surface area contributed by atoms with Gasteiger partial charge in [0.2, 0.25) is 0 Å². The summed E-state index contributed by atoms with van der Waals surface area (Å²) < 4.78 is 0. The second-order valence-corrected chi connectivity index (χ2v) is 2.40. The molecule has 2 rings (SSSR count). The van der Waals surface area contributed by atoms with Crippen molar-refractivity contribution in [1.29, 1.82) is 5.26 Å². The normalized spacial score (nSPS) is 9.58. The van der Waals surface area contributed by atoms with E-state index < -0.39 is 0 Å². The summed E-state index contributed by atoms with van der Waals surface area (Å²) in [5, 5.41) is 10.5. The number of nitrogens with zero attached hydrogens (tertiary/aromatic N) is 3. The number of rotatable bonds is 0. The standard InChI is InChI=1S/C9H5N3/c10-3-8-5-12-4-7-1-2-11-6-9(7)8/h1-2,4-6H. The lowest BCUT2D eigenvalue weighted by Gasteiger charge is -1.95. The summed E-state index contributed by atoms with van der Waals surface area (Å²) >= 11 is 0. The molecule has 0 saturated heterocycles. The van der Waals surface area contributed by atoms with E-state index in [1.807, 2.05) is 6.07 Å². The minimum Gasteiger partial charge on any atom is -0.264 e. The minimum absolute atomic E-state index is 0.570. The lowest BCUT2D eigenvalue weighted by Crippen LogP contribution is -1.82. The van der Waals surface area contributed by atoms with Gasteiger partial charge in [-0.2, -0.15) is 5.26 Å². The predicted molar refractivity (Wildman–Crippen MR) is 44.3 cm³/mol. The average molecular weight is 155 g/mol. The molecule has 2 aromatic heterocycles. The van der Waals surface area contributed by atoms with Crippen molar-refractivity contribution >= 4 is 10.8 Å². The molecule has 0 amide bonds. The minimum atomic E-state index is 0.570. The van der Waals surface area contributed by atoms with Crippen molar-refractivity contribution < 1.29 is 0 Å². The van der Waals surface area contributed by atoms with Crippen LogP contribution in [-0.4, -0.2) is 9.97 Å². The average Bonchev–Trinajstić information content (AvgIpc) is 2.17. The monoisotopic (exact) mass is 155 g/mol. The first-order chi connectivity index (χ1) is 5.92. The number of pyridine rings is 2. The zero-order chi connectivity index (χ0) is 8.39. The van der Waals surface area contributed by atoms with Crippen LogP contribution in [0, 0.1) is 11.3 Å². The highest BCUT2D eigenvalue weighted by molar-refractivity contribution is 5.85. The van der Waals surface area contributed by atoms with E-state index in [4.69, 9.17) is 5.26 Å². The summed E-state index contributed by atoms with van der Waals surface area (Å²) in [4.78, 5) is 7.88. The van der Waals surface area contributed by atoms with Crippen molar-refractivity contribution in [2.24, 2.45) is 0 Å². The number of hydrogen-bond donors (Lipinski definition) is 0. The van der Waals surface area contributed by atoms with E-state index in [1.165, 1.54) is 0 Å². The molecule has 0 aromatic carbocycles. The maximum atomic E-state index is 8.72. The molecule has 2 aromatic rings. The van der Waals surface area contributed by atoms with E-state index in [1.54, 1.807) is 24.8 Å². The van der Waals surface area contributed by atoms with Gasteiger partial charge in [0.1, 0.15) is 6.07 Å². The highest BCUT2D eigenvalue weighted by atomic mass is 14.6. The molecule has 3 heteroatoms. The van der Waals surface area contributed by atoms with E-state index in [-0.39, 0.29) is 0 Å². The first kappa shape index (κ1) is 6.74. The van der Waals surface area contributed by atoms with E-state index in [9.17, 15) is 0 Å². The highest BCUT2D eigenvalue weighted by Crippen LogP contribution is 2.13. The van der Waals surface area contributed by atoms with Crippen molar-refractivity contribution in [3.8, 4) is 6.07 Å². The Balaban J connectivity index is 2.91. The molecule has 0 bridgehead atoms. The molecule has 3 nitrogen and oxygen atoms in total. The molecule has 12 heavy (non-hydrogen) atoms. The van der Waals surface area contributed by atoms with Crippen LogP contribution in [0.4, 0.5) is 0 Å². The van der Waals surface area contributed by atoms with Crippen molar-refractivity contribution in [1.82, 2.24) is 9.97 Å². The van der Waals surface area contributed by atoms with E-state index in [0.29, 0.717) is 5.56 Å². The van der Waals surface area contributed by atoms with Gasteiger partial charge in [0, 0.05) is 35.6 Å². The van der Waals surface area contributed by atoms with Crippen molar-refractivity contribution in [2.75, 3.05) is 0 Å². The second-order valence-electron chi connectivity index (χ2n) is 2.40. The van der Waals surface area contributed by atoms with Crippen LogP contribution < -0.4 is 0 Å². The van der Waals surface area contributed by atoms with Crippen LogP contribution in [0.1, 0.15) is 5.56 Å². The third-order valence-corrected chi connectivity index (χ3v) is 1.68. The molecule has 0 N–H and O–H groups in total. The fraction of sp³-hybridized carbons (Fsp3) is 0. The van der Waals surface area contributed by atoms with Gasteiger partial charge in [-0.15, -0.1) is 0 Å². The van der Waals surface area contributed by atoms with E-state index >= 15 is 0 Å². The zero-order valence-corrected chi connectivity index (χ0v) is 6.23. The van der Waals surface area contributed by atoms with Gasteiger partial charge in [-0.3, -0.25) is 9.97 Å². The molecule has 0 radical (unpaired) electrons. The fourth-order valence-electron chi connectivity index (χ4n) is 1.09. The Morgan fingerprint density at radius 2 is 2.08 bits per heavy atom. The summed E-state index contributed by atoms with van der Waals surface area (Å²) in [6, 6.07) is 3.90. The molecular weight excluding hydrogens is 150 g/mol. The van der Waals surface area contributed by atoms with Crippen molar-refractivity contribution in [2.45, 2.75) is 0 Å². The van der Waals surface area contributed by atoms with Crippen LogP contribution in [-0.2, 0) is 0 Å². The first-order valence-electron chi connectivity index (χ1n) is 3.49. The fourth-order valence-corrected chi connectivity index (χ4v) is 1.09. The largest absolute Gasteiger partial charge is 0.264 e. The third-order valence-electron chi connectivity index (χ3n) is 1.68. The molecule has 0 aliphatic heterocycles. The molecule has 56 valence electrons. The van der Waals surface area contributed by atoms with Gasteiger partial charge in [0.15, 0.2) is 0 Å². The lowest BCUT2D eigenvalue weighted by atomic mass is 10.1. The van der Waals surface area contributed by atoms with E-state index in [0.717, 1.165) is 10.8 Å². The Labute approximate surface area is 69.3 Å². The van der Waals surface area contributed by atoms with Gasteiger partial charge >= 0.3 is 0 Å². The Bertz CT molecular complexity index is 451. The van der Waals surface area contributed by atoms with Gasteiger partial charge in [0.05, 0.1) is 5.56 Å². The molecule has 0 spiro atoms. The van der Waals surface area contributed by atoms with Crippen molar-refractivity contribution in [3.63, 3.8) is 0 Å². The molecule has 0 aliphatic carbocycles. The van der Waals surface area contributed by atoms with Crippen LogP contribution in [0.2, 0.25) is 0 Å². The molecule has 0 saturated carbocycles.